The first-order valence-corrected chi connectivity index (χ1v) is 14.9. The molecule has 2 fully saturated rings. The molecule has 2 aromatic heterocycles. The van der Waals surface area contributed by atoms with E-state index >= 15 is 0 Å². The average Bonchev–Trinajstić information content (AvgIpc) is 3.44. The van der Waals surface area contributed by atoms with Crippen molar-refractivity contribution in [3.05, 3.63) is 82.7 Å². The number of rotatable bonds is 6. The summed E-state index contributed by atoms with van der Waals surface area (Å²) >= 11 is 6.52. The summed E-state index contributed by atoms with van der Waals surface area (Å²) in [5.41, 5.74) is 6.16. The van der Waals surface area contributed by atoms with Gasteiger partial charge in [-0.05, 0) is 97.7 Å². The molecule has 1 amide bonds. The van der Waals surface area contributed by atoms with Crippen LogP contribution in [0.2, 0.25) is 5.02 Å². The Kier molecular flexibility index (Phi) is 8.00. The molecule has 39 heavy (non-hydrogen) atoms. The Labute approximate surface area is 236 Å². The molecule has 1 aromatic carbocycles. The number of aromatic nitrogens is 3. The maximum Gasteiger partial charge on any atom is 0.410 e. The third-order valence-corrected chi connectivity index (χ3v) is 8.94. The molecule has 6 rings (SSSR count). The van der Waals surface area contributed by atoms with E-state index in [0.29, 0.717) is 5.92 Å². The van der Waals surface area contributed by atoms with E-state index in [1.807, 2.05) is 42.0 Å². The predicted octanol–water partition coefficient (Wildman–Crippen LogP) is 7.58. The number of carbonyl (C=O) groups is 1. The molecule has 1 saturated heterocycles. The van der Waals surface area contributed by atoms with Gasteiger partial charge in [-0.15, -0.1) is 0 Å². The van der Waals surface area contributed by atoms with Crippen LogP contribution < -0.4 is 0 Å². The van der Waals surface area contributed by atoms with Crippen molar-refractivity contribution in [1.82, 2.24) is 19.4 Å². The van der Waals surface area contributed by atoms with Crippen LogP contribution in [0.4, 0.5) is 4.79 Å². The topological polar surface area (TPSA) is 60.2 Å². The fraction of sp³-hybridized carbons (Fsp3) is 0.469. The number of fused-ring (bicyclic) bond motifs is 2. The number of amides is 1. The van der Waals surface area contributed by atoms with E-state index in [0.717, 1.165) is 81.7 Å². The van der Waals surface area contributed by atoms with Crippen LogP contribution in [0.3, 0.4) is 0 Å². The molecule has 1 unspecified atom stereocenters. The lowest BCUT2D eigenvalue weighted by molar-refractivity contribution is 0.0372. The van der Waals surface area contributed by atoms with Crippen LogP contribution >= 0.6 is 11.6 Å². The zero-order valence-corrected chi connectivity index (χ0v) is 23.2. The molecule has 3 aromatic rings. The number of carbonyl (C=O) groups excluding carboxylic acids is 1. The van der Waals surface area contributed by atoms with Crippen LogP contribution in [0, 0.1) is 5.92 Å². The Balaban J connectivity index is 1.23. The summed E-state index contributed by atoms with van der Waals surface area (Å²) in [4.78, 5) is 24.0. The molecule has 204 valence electrons. The van der Waals surface area contributed by atoms with Crippen LogP contribution in [0.5, 0.6) is 0 Å². The summed E-state index contributed by atoms with van der Waals surface area (Å²) in [5, 5.41) is 0.751. The lowest BCUT2D eigenvalue weighted by Crippen LogP contribution is -2.41. The minimum Gasteiger partial charge on any atom is -0.446 e. The minimum atomic E-state index is -0.131. The highest BCUT2D eigenvalue weighted by molar-refractivity contribution is 6.30. The van der Waals surface area contributed by atoms with Gasteiger partial charge in [-0.25, -0.2) is 9.78 Å². The maximum atomic E-state index is 12.9. The van der Waals surface area contributed by atoms with Crippen LogP contribution in [0.15, 0.2) is 55.2 Å². The van der Waals surface area contributed by atoms with E-state index in [1.54, 1.807) is 0 Å². The van der Waals surface area contributed by atoms with E-state index < -0.39 is 0 Å². The first-order valence-electron chi connectivity index (χ1n) is 14.5. The second kappa shape index (κ2) is 12.0. The highest BCUT2D eigenvalue weighted by Crippen LogP contribution is 2.45. The number of nitrogens with zero attached hydrogens (tertiary/aromatic N) is 4. The molecule has 6 nitrogen and oxygen atoms in total. The standard InChI is InChI=1S/C32H37ClN4O2/c33-26-10-11-28-25(21-26)20-24(6-5-16-36-19-15-34-22-36)29-9-4-14-35-31(29)30(28)23-12-17-37(18-13-23)32(38)39-27-7-2-1-3-8-27/h4,9-11,14-15,19-23,27,30H,1-3,5-8,12-13,16-18H2. The summed E-state index contributed by atoms with van der Waals surface area (Å²) in [6.45, 7) is 2.38. The van der Waals surface area contributed by atoms with Gasteiger partial charge >= 0.3 is 6.09 Å². The second-order valence-electron chi connectivity index (χ2n) is 11.2. The van der Waals surface area contributed by atoms with Crippen molar-refractivity contribution in [2.75, 3.05) is 13.1 Å². The fourth-order valence-corrected chi connectivity index (χ4v) is 6.85. The molecule has 7 heteroatoms. The van der Waals surface area contributed by atoms with Gasteiger partial charge in [0.2, 0.25) is 0 Å². The number of allylic oxidation sites excluding steroid dienone is 1. The number of hydrogen-bond donors (Lipinski definition) is 0. The third-order valence-electron chi connectivity index (χ3n) is 8.70. The molecule has 1 saturated carbocycles. The zero-order chi connectivity index (χ0) is 26.6. The normalized spacial score (nSPS) is 20.1. The smallest absolute Gasteiger partial charge is 0.410 e. The van der Waals surface area contributed by atoms with Crippen LogP contribution in [0.1, 0.15) is 86.1 Å². The van der Waals surface area contributed by atoms with Gasteiger partial charge in [-0.1, -0.05) is 36.2 Å². The number of piperidine rings is 1. The van der Waals surface area contributed by atoms with Crippen LogP contribution in [0.25, 0.3) is 11.6 Å². The SMILES string of the molecule is O=C(OC1CCCCC1)N1CCC(C2c3ccc(Cl)cc3C=C(CCCn3ccnc3)c3cccnc32)CC1. The Hall–Kier alpha value is -3.12. The van der Waals surface area contributed by atoms with Crippen molar-refractivity contribution >= 4 is 29.3 Å². The van der Waals surface area contributed by atoms with Gasteiger partial charge in [0.05, 0.1) is 12.0 Å². The molecule has 0 bridgehead atoms. The van der Waals surface area contributed by atoms with Crippen LogP contribution in [-0.4, -0.2) is 44.7 Å². The van der Waals surface area contributed by atoms with Crippen molar-refractivity contribution in [3.8, 4) is 0 Å². The highest BCUT2D eigenvalue weighted by atomic mass is 35.5. The minimum absolute atomic E-state index is 0.0943. The number of imidazole rings is 1. The van der Waals surface area contributed by atoms with Gasteiger partial charge in [-0.3, -0.25) is 4.98 Å². The third kappa shape index (κ3) is 5.91. The van der Waals surface area contributed by atoms with E-state index in [2.05, 4.69) is 33.8 Å². The van der Waals surface area contributed by atoms with E-state index in [9.17, 15) is 4.79 Å². The van der Waals surface area contributed by atoms with Gasteiger partial charge < -0.3 is 14.2 Å². The lowest BCUT2D eigenvalue weighted by Gasteiger charge is -2.37. The van der Waals surface area contributed by atoms with Crippen molar-refractivity contribution in [2.45, 2.75) is 76.4 Å². The van der Waals surface area contributed by atoms with E-state index in [-0.39, 0.29) is 18.1 Å². The molecule has 3 heterocycles. The fourth-order valence-electron chi connectivity index (χ4n) is 6.67. The van der Waals surface area contributed by atoms with Gasteiger partial charge in [0.1, 0.15) is 6.10 Å². The molecular formula is C32H37ClN4O2. The van der Waals surface area contributed by atoms with Crippen LogP contribution in [-0.2, 0) is 11.3 Å². The van der Waals surface area contributed by atoms with Crippen molar-refractivity contribution in [2.24, 2.45) is 5.92 Å². The van der Waals surface area contributed by atoms with Crippen molar-refractivity contribution < 1.29 is 9.53 Å². The molecule has 1 atom stereocenters. The Morgan fingerprint density at radius 1 is 1.05 bits per heavy atom. The summed E-state index contributed by atoms with van der Waals surface area (Å²) < 4.78 is 8.01. The number of pyridine rings is 1. The Bertz CT molecular complexity index is 1310. The van der Waals surface area contributed by atoms with Gasteiger partial charge in [0, 0.05) is 49.2 Å². The number of hydrogen-bond acceptors (Lipinski definition) is 4. The maximum absolute atomic E-state index is 12.9. The number of aryl methyl sites for hydroxylation is 1. The first kappa shape index (κ1) is 26.1. The number of halogens is 1. The predicted molar refractivity (Wildman–Crippen MR) is 155 cm³/mol. The summed E-state index contributed by atoms with van der Waals surface area (Å²) in [6.07, 6.45) is 19.3. The quantitative estimate of drug-likeness (QED) is 0.321. The van der Waals surface area contributed by atoms with E-state index in [1.165, 1.54) is 28.7 Å². The number of benzene rings is 1. The number of likely N-dealkylation sites (tertiary alicyclic amines) is 1. The summed E-state index contributed by atoms with van der Waals surface area (Å²) in [6, 6.07) is 10.6. The number of ether oxygens (including phenoxy) is 1. The van der Waals surface area contributed by atoms with Gasteiger partial charge in [0.25, 0.3) is 0 Å². The molecule has 0 radical (unpaired) electrons. The van der Waals surface area contributed by atoms with Gasteiger partial charge in [-0.2, -0.15) is 0 Å². The summed E-state index contributed by atoms with van der Waals surface area (Å²) in [7, 11) is 0. The highest BCUT2D eigenvalue weighted by Gasteiger charge is 2.36. The lowest BCUT2D eigenvalue weighted by atomic mass is 9.76. The van der Waals surface area contributed by atoms with Gasteiger partial charge in [0.15, 0.2) is 0 Å². The molecule has 1 aliphatic heterocycles. The molecule has 0 spiro atoms. The van der Waals surface area contributed by atoms with E-state index in [4.69, 9.17) is 21.3 Å². The Morgan fingerprint density at radius 2 is 1.90 bits per heavy atom. The molecule has 0 N–H and O–H groups in total. The average molecular weight is 545 g/mol. The van der Waals surface area contributed by atoms with Crippen molar-refractivity contribution in [1.29, 1.82) is 0 Å². The first-order chi connectivity index (χ1) is 19.2. The molecular weight excluding hydrogens is 508 g/mol. The zero-order valence-electron chi connectivity index (χ0n) is 22.5. The monoisotopic (exact) mass is 544 g/mol. The van der Waals surface area contributed by atoms with Crippen molar-refractivity contribution in [3.63, 3.8) is 0 Å². The molecule has 2 aliphatic carbocycles. The Morgan fingerprint density at radius 3 is 2.69 bits per heavy atom. The largest absolute Gasteiger partial charge is 0.446 e. The molecule has 3 aliphatic rings. The second-order valence-corrected chi connectivity index (χ2v) is 11.7. The summed E-state index contributed by atoms with van der Waals surface area (Å²) in [5.74, 6) is 0.545.